The average Bonchev–Trinajstić information content (AvgIpc) is 2.40. The van der Waals surface area contributed by atoms with Gasteiger partial charge in [-0.2, -0.15) is 4.21 Å². The van der Waals surface area contributed by atoms with E-state index in [0.29, 0.717) is 5.56 Å². The van der Waals surface area contributed by atoms with Crippen molar-refractivity contribution in [1.82, 2.24) is 5.32 Å². The number of nitro benzene ring substituents is 1. The lowest BCUT2D eigenvalue weighted by atomic mass is 10.0. The molecule has 1 aliphatic heterocycles. The molecule has 1 amide bonds. The van der Waals surface area contributed by atoms with Gasteiger partial charge in [-0.05, 0) is 17.7 Å². The molecule has 0 radical (unpaired) electrons. The van der Waals surface area contributed by atoms with E-state index < -0.39 is 28.4 Å². The summed E-state index contributed by atoms with van der Waals surface area (Å²) in [5, 5.41) is 13.2. The molecule has 0 aromatic heterocycles. The van der Waals surface area contributed by atoms with Gasteiger partial charge in [-0.3, -0.25) is 23.3 Å². The van der Waals surface area contributed by atoms with Crippen molar-refractivity contribution in [2.45, 2.75) is 19.1 Å². The van der Waals surface area contributed by atoms with E-state index >= 15 is 0 Å². The molecule has 1 N–H and O–H groups in total. The van der Waals surface area contributed by atoms with Crippen LogP contribution in [0, 0.1) is 10.1 Å². The van der Waals surface area contributed by atoms with Crippen LogP contribution in [-0.4, -0.2) is 27.7 Å². The predicted octanol–water partition coefficient (Wildman–Crippen LogP) is 0.766. The second kappa shape index (κ2) is 6.07. The molecule has 1 fully saturated rings. The van der Waals surface area contributed by atoms with Gasteiger partial charge in [-0.1, -0.05) is 0 Å². The van der Waals surface area contributed by atoms with Crippen LogP contribution >= 0.6 is 0 Å². The summed E-state index contributed by atoms with van der Waals surface area (Å²) in [6.07, 6.45) is -0.686. The topological polar surface area (TPSA) is 108 Å². The second-order valence-electron chi connectivity index (χ2n) is 4.16. The van der Waals surface area contributed by atoms with Crippen LogP contribution in [0.5, 0.6) is 0 Å². The molecule has 9 heteroatoms. The van der Waals surface area contributed by atoms with Gasteiger partial charge >= 0.3 is 11.4 Å². The minimum Gasteiger partial charge on any atom is -0.348 e. The summed E-state index contributed by atoms with van der Waals surface area (Å²) in [6, 6.07) is 5.14. The minimum absolute atomic E-state index is 0.0356. The molecule has 2 rings (SSSR count). The highest BCUT2D eigenvalue weighted by atomic mass is 32.2. The van der Waals surface area contributed by atoms with Crippen LogP contribution in [0.3, 0.4) is 0 Å². The van der Waals surface area contributed by atoms with E-state index in [1.165, 1.54) is 31.2 Å². The van der Waals surface area contributed by atoms with Crippen molar-refractivity contribution in [1.29, 1.82) is 0 Å². The predicted molar refractivity (Wildman–Crippen MR) is 68.6 cm³/mol. The summed E-state index contributed by atoms with van der Waals surface area (Å²) in [5.74, 6) is -0.276. The van der Waals surface area contributed by atoms with Gasteiger partial charge in [-0.15, -0.1) is 0 Å². The molecule has 20 heavy (non-hydrogen) atoms. The molecule has 108 valence electrons. The van der Waals surface area contributed by atoms with Crippen molar-refractivity contribution >= 4 is 23.0 Å². The number of carbonyl (C=O) groups is 1. The van der Waals surface area contributed by atoms with E-state index in [4.69, 9.17) is 8.37 Å². The van der Waals surface area contributed by atoms with Crippen molar-refractivity contribution in [2.75, 3.05) is 6.61 Å². The van der Waals surface area contributed by atoms with Crippen LogP contribution in [0.2, 0.25) is 0 Å². The highest BCUT2D eigenvalue weighted by molar-refractivity contribution is 7.75. The number of benzene rings is 1. The molecule has 1 saturated heterocycles. The first kappa shape index (κ1) is 14.6. The third-order valence-electron chi connectivity index (χ3n) is 2.71. The van der Waals surface area contributed by atoms with Crippen LogP contribution in [0.1, 0.15) is 18.6 Å². The summed E-state index contributed by atoms with van der Waals surface area (Å²) in [7, 11) is 0. The van der Waals surface area contributed by atoms with Crippen LogP contribution in [0.4, 0.5) is 5.69 Å². The molecule has 1 aromatic rings. The maximum absolute atomic E-state index is 11.3. The van der Waals surface area contributed by atoms with Crippen molar-refractivity contribution in [2.24, 2.45) is 0 Å². The number of nitrogens with zero attached hydrogens (tertiary/aromatic N) is 1. The maximum atomic E-state index is 11.3. The number of nitrogens with one attached hydrogen (secondary N) is 1. The first-order chi connectivity index (χ1) is 9.47. The molecule has 0 unspecified atom stereocenters. The zero-order chi connectivity index (χ0) is 14.7. The van der Waals surface area contributed by atoms with E-state index in [1.807, 2.05) is 0 Å². The molecular formula is C11H12N2O6S. The molecule has 3 atom stereocenters. The summed E-state index contributed by atoms with van der Waals surface area (Å²) in [6.45, 7) is 1.38. The maximum Gasteiger partial charge on any atom is 0.305 e. The lowest BCUT2D eigenvalue weighted by Gasteiger charge is -2.30. The molecule has 0 spiro atoms. The number of amides is 1. The number of hydrogen-bond donors (Lipinski definition) is 1. The van der Waals surface area contributed by atoms with Crippen LogP contribution in [0.25, 0.3) is 0 Å². The Morgan fingerprint density at radius 1 is 1.45 bits per heavy atom. The summed E-state index contributed by atoms with van der Waals surface area (Å²) in [5.41, 5.74) is 0.518. The largest absolute Gasteiger partial charge is 0.348 e. The number of rotatable bonds is 3. The van der Waals surface area contributed by atoms with Crippen LogP contribution in [0.15, 0.2) is 24.3 Å². The van der Waals surface area contributed by atoms with Gasteiger partial charge in [-0.25, -0.2) is 0 Å². The lowest BCUT2D eigenvalue weighted by Crippen LogP contribution is -2.45. The molecule has 1 heterocycles. The summed E-state index contributed by atoms with van der Waals surface area (Å²) < 4.78 is 21.3. The Balaban J connectivity index is 2.23. The molecule has 1 aromatic carbocycles. The van der Waals surface area contributed by atoms with Gasteiger partial charge in [0.15, 0.2) is 0 Å². The normalized spacial score (nSPS) is 25.9. The Labute approximate surface area is 117 Å². The van der Waals surface area contributed by atoms with Crippen LogP contribution < -0.4 is 5.32 Å². The number of hydrogen-bond acceptors (Lipinski definition) is 6. The van der Waals surface area contributed by atoms with Gasteiger partial charge in [0.25, 0.3) is 5.69 Å². The number of non-ortho nitro benzene ring substituents is 1. The minimum atomic E-state index is -1.91. The van der Waals surface area contributed by atoms with E-state index in [1.54, 1.807) is 0 Å². The Morgan fingerprint density at radius 2 is 2.10 bits per heavy atom. The first-order valence-electron chi connectivity index (χ1n) is 5.71. The number of nitro groups is 1. The molecular weight excluding hydrogens is 288 g/mol. The van der Waals surface area contributed by atoms with Crippen LogP contribution in [-0.2, 0) is 24.5 Å². The zero-order valence-electron chi connectivity index (χ0n) is 10.5. The van der Waals surface area contributed by atoms with E-state index in [2.05, 4.69) is 5.32 Å². The summed E-state index contributed by atoms with van der Waals surface area (Å²) in [4.78, 5) is 21.2. The smallest absolute Gasteiger partial charge is 0.305 e. The SMILES string of the molecule is CC(=O)N[C@@H]1CO[S@](=O)O[C@H]1c1ccc([N+](=O)[O-])cc1. The quantitative estimate of drug-likeness (QED) is 0.652. The lowest BCUT2D eigenvalue weighted by molar-refractivity contribution is -0.384. The van der Waals surface area contributed by atoms with Crippen molar-refractivity contribution in [3.05, 3.63) is 39.9 Å². The van der Waals surface area contributed by atoms with Crippen molar-refractivity contribution in [3.8, 4) is 0 Å². The molecule has 8 nitrogen and oxygen atoms in total. The van der Waals surface area contributed by atoms with Gasteiger partial charge in [0, 0.05) is 19.1 Å². The van der Waals surface area contributed by atoms with Crippen molar-refractivity contribution in [3.63, 3.8) is 0 Å². The fraction of sp³-hybridized carbons (Fsp3) is 0.364. The van der Waals surface area contributed by atoms with Gasteiger partial charge in [0.1, 0.15) is 6.10 Å². The zero-order valence-corrected chi connectivity index (χ0v) is 11.3. The second-order valence-corrected chi connectivity index (χ2v) is 5.00. The first-order valence-corrected chi connectivity index (χ1v) is 6.71. The number of carbonyl (C=O) groups excluding carboxylic acids is 1. The monoisotopic (exact) mass is 300 g/mol. The van der Waals surface area contributed by atoms with E-state index in [-0.39, 0.29) is 18.2 Å². The third-order valence-corrected chi connectivity index (χ3v) is 3.41. The van der Waals surface area contributed by atoms with Gasteiger partial charge in [0.05, 0.1) is 17.6 Å². The Bertz CT molecular complexity index is 546. The van der Waals surface area contributed by atoms with Crippen molar-refractivity contribution < 1.29 is 22.3 Å². The van der Waals surface area contributed by atoms with E-state index in [0.717, 1.165) is 0 Å². The molecule has 1 aliphatic rings. The highest BCUT2D eigenvalue weighted by Gasteiger charge is 2.33. The standard InChI is InChI=1S/C11H12N2O6S/c1-7(14)12-10-6-18-20(17)19-11(10)8-2-4-9(5-3-8)13(15)16/h2-5,10-11H,6H2,1H3,(H,12,14)/t10-,11+,20+/m1/s1. The fourth-order valence-electron chi connectivity index (χ4n) is 1.85. The van der Waals surface area contributed by atoms with E-state index in [9.17, 15) is 19.1 Å². The third kappa shape index (κ3) is 3.38. The van der Waals surface area contributed by atoms with Gasteiger partial charge < -0.3 is 5.32 Å². The van der Waals surface area contributed by atoms with Gasteiger partial charge in [0.2, 0.25) is 5.91 Å². The molecule has 0 aliphatic carbocycles. The highest BCUT2D eigenvalue weighted by Crippen LogP contribution is 2.28. The Hall–Kier alpha value is -1.84. The average molecular weight is 300 g/mol. The fourth-order valence-corrected chi connectivity index (χ4v) is 2.58. The Morgan fingerprint density at radius 3 is 2.65 bits per heavy atom. The summed E-state index contributed by atoms with van der Waals surface area (Å²) >= 11 is -1.91. The Kier molecular flexibility index (Phi) is 4.42. The molecule has 0 saturated carbocycles. The molecule has 0 bridgehead atoms.